The van der Waals surface area contributed by atoms with Crippen LogP contribution in [0.25, 0.3) is 0 Å². The highest BCUT2D eigenvalue weighted by molar-refractivity contribution is 5.75. The molecular weight excluding hydrogens is 344 g/mol. The molecule has 0 aromatic carbocycles. The van der Waals surface area contributed by atoms with Gasteiger partial charge in [0.1, 0.15) is 6.10 Å². The summed E-state index contributed by atoms with van der Waals surface area (Å²) in [5.41, 5.74) is 1.10. The van der Waals surface area contributed by atoms with Crippen LogP contribution in [-0.4, -0.2) is 17.0 Å². The van der Waals surface area contributed by atoms with Crippen LogP contribution in [-0.2, 0) is 14.3 Å². The van der Waals surface area contributed by atoms with E-state index in [1.54, 1.807) is 12.5 Å². The van der Waals surface area contributed by atoms with E-state index in [2.05, 4.69) is 13.5 Å². The highest BCUT2D eigenvalue weighted by Gasteiger charge is 2.57. The summed E-state index contributed by atoms with van der Waals surface area (Å²) >= 11 is 0. The van der Waals surface area contributed by atoms with E-state index in [1.807, 2.05) is 13.0 Å². The first-order chi connectivity index (χ1) is 12.7. The average Bonchev–Trinajstić information content (AvgIpc) is 3.11. The Kier molecular flexibility index (Phi) is 5.24. The number of esters is 1. The van der Waals surface area contributed by atoms with Crippen molar-refractivity contribution < 1.29 is 23.8 Å². The quantitative estimate of drug-likeness (QED) is 0.570. The summed E-state index contributed by atoms with van der Waals surface area (Å²) < 4.78 is 10.8. The predicted molar refractivity (Wildman–Crippen MR) is 101 cm³/mol. The molecule has 148 valence electrons. The van der Waals surface area contributed by atoms with Crippen molar-refractivity contribution in [2.45, 2.75) is 65.4 Å². The van der Waals surface area contributed by atoms with Crippen LogP contribution in [0.4, 0.5) is 0 Å². The number of fused-ring (bicyclic) bond motifs is 1. The van der Waals surface area contributed by atoms with Crippen molar-refractivity contribution in [1.29, 1.82) is 0 Å². The summed E-state index contributed by atoms with van der Waals surface area (Å²) in [4.78, 5) is 23.8. The average molecular weight is 374 g/mol. The van der Waals surface area contributed by atoms with Crippen LogP contribution in [0.3, 0.4) is 0 Å². The maximum atomic E-state index is 12.1. The van der Waals surface area contributed by atoms with E-state index in [0.717, 1.165) is 43.2 Å². The fourth-order valence-corrected chi connectivity index (χ4v) is 5.77. The third-order valence-corrected chi connectivity index (χ3v) is 7.18. The first kappa shape index (κ1) is 19.7. The number of carboxylic acid groups (broad SMARTS) is 1. The van der Waals surface area contributed by atoms with E-state index in [0.29, 0.717) is 6.42 Å². The van der Waals surface area contributed by atoms with Crippen LogP contribution in [0.15, 0.2) is 35.2 Å². The molecule has 1 heterocycles. The summed E-state index contributed by atoms with van der Waals surface area (Å²) in [6.07, 6.45) is 7.67. The number of allylic oxidation sites excluding steroid dienone is 1. The number of carboxylic acids is 1. The van der Waals surface area contributed by atoms with Gasteiger partial charge < -0.3 is 14.3 Å². The highest BCUT2D eigenvalue weighted by Crippen LogP contribution is 2.62. The van der Waals surface area contributed by atoms with Crippen molar-refractivity contribution in [2.24, 2.45) is 22.7 Å². The summed E-state index contributed by atoms with van der Waals surface area (Å²) in [5, 5.41) is 9.95. The zero-order valence-electron chi connectivity index (χ0n) is 16.5. The van der Waals surface area contributed by atoms with E-state index in [1.165, 1.54) is 6.92 Å². The molecule has 27 heavy (non-hydrogen) atoms. The molecular formula is C22H30O5. The maximum Gasteiger partial charge on any atom is 0.309 e. The van der Waals surface area contributed by atoms with Crippen molar-refractivity contribution in [1.82, 2.24) is 0 Å². The first-order valence-electron chi connectivity index (χ1n) is 9.79. The lowest BCUT2D eigenvalue weighted by atomic mass is 9.46. The Morgan fingerprint density at radius 2 is 2.15 bits per heavy atom. The molecule has 0 spiro atoms. The molecule has 1 aromatic rings. The molecule has 5 atom stereocenters. The van der Waals surface area contributed by atoms with Gasteiger partial charge in [0.2, 0.25) is 0 Å². The van der Waals surface area contributed by atoms with Crippen molar-refractivity contribution in [2.75, 3.05) is 0 Å². The van der Waals surface area contributed by atoms with Gasteiger partial charge in [-0.05, 0) is 62.3 Å². The second-order valence-electron chi connectivity index (χ2n) is 8.77. The monoisotopic (exact) mass is 374 g/mol. The molecule has 0 bridgehead atoms. The van der Waals surface area contributed by atoms with Gasteiger partial charge in [-0.15, -0.1) is 0 Å². The minimum atomic E-state index is -0.710. The first-order valence-corrected chi connectivity index (χ1v) is 9.79. The molecule has 0 unspecified atom stereocenters. The second kappa shape index (κ2) is 7.17. The minimum Gasteiger partial charge on any atom is -0.481 e. The van der Waals surface area contributed by atoms with Crippen LogP contribution in [0, 0.1) is 22.7 Å². The van der Waals surface area contributed by atoms with Crippen molar-refractivity contribution in [3.63, 3.8) is 0 Å². The number of hydrogen-bond acceptors (Lipinski definition) is 4. The van der Waals surface area contributed by atoms with Gasteiger partial charge in [0.05, 0.1) is 17.9 Å². The van der Waals surface area contributed by atoms with E-state index in [9.17, 15) is 14.7 Å². The summed E-state index contributed by atoms with van der Waals surface area (Å²) in [5.74, 6) is -0.831. The lowest BCUT2D eigenvalue weighted by Crippen LogP contribution is -2.53. The highest BCUT2D eigenvalue weighted by atomic mass is 16.5. The Morgan fingerprint density at radius 1 is 1.41 bits per heavy atom. The smallest absolute Gasteiger partial charge is 0.309 e. The third kappa shape index (κ3) is 3.44. The molecule has 1 aromatic heterocycles. The van der Waals surface area contributed by atoms with Gasteiger partial charge in [0.25, 0.3) is 0 Å². The Morgan fingerprint density at radius 3 is 2.74 bits per heavy atom. The predicted octanol–water partition coefficient (Wildman–Crippen LogP) is 5.14. The zero-order valence-corrected chi connectivity index (χ0v) is 16.5. The Balaban J connectivity index is 1.94. The molecule has 0 amide bonds. The van der Waals surface area contributed by atoms with Gasteiger partial charge in [-0.2, -0.15) is 0 Å². The Labute approximate surface area is 160 Å². The van der Waals surface area contributed by atoms with Gasteiger partial charge in [0.15, 0.2) is 0 Å². The molecule has 2 aliphatic rings. The van der Waals surface area contributed by atoms with Gasteiger partial charge in [0, 0.05) is 12.5 Å². The van der Waals surface area contributed by atoms with E-state index >= 15 is 0 Å². The van der Waals surface area contributed by atoms with Gasteiger partial charge in [-0.3, -0.25) is 9.59 Å². The zero-order chi connectivity index (χ0) is 19.8. The molecule has 5 heteroatoms. The van der Waals surface area contributed by atoms with Crippen molar-refractivity contribution in [3.05, 3.63) is 36.3 Å². The van der Waals surface area contributed by atoms with Gasteiger partial charge in [-0.25, -0.2) is 0 Å². The van der Waals surface area contributed by atoms with Crippen LogP contribution >= 0.6 is 0 Å². The summed E-state index contributed by atoms with van der Waals surface area (Å²) in [6, 6.07) is 1.82. The van der Waals surface area contributed by atoms with E-state index < -0.39 is 17.5 Å². The SMILES string of the molecule is C=C1CC[C@H]2[C@@](C)(CCC[C@@]2(C)C(=O)O)[C@@H]1C[C@@H](OC(C)=O)c1ccoc1. The third-order valence-electron chi connectivity index (χ3n) is 7.18. The fraction of sp³-hybridized carbons (Fsp3) is 0.636. The van der Waals surface area contributed by atoms with Crippen molar-refractivity contribution >= 4 is 11.9 Å². The molecule has 2 fully saturated rings. The number of ether oxygens (including phenoxy) is 1. The molecule has 2 saturated carbocycles. The Bertz CT molecular complexity index is 721. The number of carbonyl (C=O) groups is 2. The molecule has 1 N–H and O–H groups in total. The van der Waals surface area contributed by atoms with Gasteiger partial charge >= 0.3 is 11.9 Å². The molecule has 0 radical (unpaired) electrons. The van der Waals surface area contributed by atoms with Crippen LogP contribution in [0.5, 0.6) is 0 Å². The molecule has 2 aliphatic carbocycles. The molecule has 0 saturated heterocycles. The summed E-state index contributed by atoms with van der Waals surface area (Å²) in [6.45, 7) is 9.86. The van der Waals surface area contributed by atoms with Gasteiger partial charge in [-0.1, -0.05) is 25.5 Å². The van der Waals surface area contributed by atoms with Crippen molar-refractivity contribution in [3.8, 4) is 0 Å². The lowest BCUT2D eigenvalue weighted by Gasteiger charge is -2.57. The number of furan rings is 1. The standard InChI is InChI=1S/C22H30O5/c1-14-6-7-19-21(3,9-5-10-22(19,4)20(24)25)17(14)12-18(27-15(2)23)16-8-11-26-13-16/h8,11,13,17-19H,1,5-7,9-10,12H2,2-4H3,(H,24,25)/t17-,18-,19+,21+,22-/m1/s1. The normalized spacial score (nSPS) is 34.6. The lowest BCUT2D eigenvalue weighted by molar-refractivity contribution is -0.165. The second-order valence-corrected chi connectivity index (χ2v) is 8.77. The number of carbonyl (C=O) groups excluding carboxylic acids is 1. The van der Waals surface area contributed by atoms with Crippen LogP contribution in [0.1, 0.15) is 71.0 Å². The number of rotatable bonds is 5. The van der Waals surface area contributed by atoms with E-state index in [4.69, 9.17) is 9.15 Å². The fourth-order valence-electron chi connectivity index (χ4n) is 5.77. The molecule has 3 rings (SSSR count). The summed E-state index contributed by atoms with van der Waals surface area (Å²) in [7, 11) is 0. The number of aliphatic carboxylic acids is 1. The molecule has 0 aliphatic heterocycles. The van der Waals surface area contributed by atoms with Crippen LogP contribution in [0.2, 0.25) is 0 Å². The largest absolute Gasteiger partial charge is 0.481 e. The topological polar surface area (TPSA) is 76.7 Å². The van der Waals surface area contributed by atoms with E-state index in [-0.39, 0.29) is 23.2 Å². The number of hydrogen-bond donors (Lipinski definition) is 1. The Hall–Kier alpha value is -2.04. The maximum absolute atomic E-state index is 12.1. The minimum absolute atomic E-state index is 0.0917. The van der Waals surface area contributed by atoms with Crippen LogP contribution < -0.4 is 0 Å². The molecule has 5 nitrogen and oxygen atoms in total.